The van der Waals surface area contributed by atoms with Crippen LogP contribution in [0.25, 0.3) is 11.0 Å². The summed E-state index contributed by atoms with van der Waals surface area (Å²) in [4.78, 5) is 31.4. The minimum atomic E-state index is -5.14. The molecule has 5 unspecified atom stereocenters. The van der Waals surface area contributed by atoms with Crippen LogP contribution in [-0.2, 0) is 19.1 Å². The number of carbonyl (C=O) groups is 2. The predicted octanol–water partition coefficient (Wildman–Crippen LogP) is 0.756. The van der Waals surface area contributed by atoms with Gasteiger partial charge in [0, 0.05) is 11.9 Å². The second-order valence-electron chi connectivity index (χ2n) is 7.82. The largest absolute Gasteiger partial charge is 0.471 e. The first-order valence-electron chi connectivity index (χ1n) is 10.7. The number of carbonyl (C=O) groups excluding carboxylic acids is 2. The van der Waals surface area contributed by atoms with Crippen LogP contribution in [-0.4, -0.2) is 85.3 Å². The molecule has 3 rings (SSSR count). The van der Waals surface area contributed by atoms with E-state index in [1.165, 1.54) is 22.7 Å². The van der Waals surface area contributed by atoms with Crippen molar-refractivity contribution in [2.24, 2.45) is 0 Å². The highest BCUT2D eigenvalue weighted by Gasteiger charge is 2.44. The van der Waals surface area contributed by atoms with Crippen molar-refractivity contribution in [1.82, 2.24) is 19.9 Å². The average Bonchev–Trinajstić information content (AvgIpc) is 3.35. The number of nitrogen functional groups attached to an aromatic ring is 1. The maximum Gasteiger partial charge on any atom is 0.471 e. The maximum atomic E-state index is 12.6. The number of esters is 1. The number of aliphatic hydroxyl groups is 2. The second-order valence-corrected chi connectivity index (χ2v) is 8.97. The summed E-state index contributed by atoms with van der Waals surface area (Å²) < 4.78 is 50.1. The van der Waals surface area contributed by atoms with E-state index in [0.717, 1.165) is 0 Å². The van der Waals surface area contributed by atoms with Crippen molar-refractivity contribution in [3.05, 3.63) is 18.6 Å². The standard InChI is InChI=1S/C20H26F3N5O6S/c1-2-6-33-18(31)11(27-19(32)20(21,22)23)4-7-35-8-12-13(29)14(30)17(34-12)28-5-3-10-15(24)25-9-26-16(10)28/h3,5,9,11-14,17,29-30H,2,4,6-8H2,1H3,(H,27,32)(H2,24,25,26). The van der Waals surface area contributed by atoms with Gasteiger partial charge < -0.3 is 35.3 Å². The van der Waals surface area contributed by atoms with E-state index in [1.807, 2.05) is 0 Å². The van der Waals surface area contributed by atoms with Crippen LogP contribution in [0, 0.1) is 0 Å². The van der Waals surface area contributed by atoms with E-state index in [1.54, 1.807) is 24.5 Å². The summed E-state index contributed by atoms with van der Waals surface area (Å²) >= 11 is 1.17. The second kappa shape index (κ2) is 11.4. The van der Waals surface area contributed by atoms with Gasteiger partial charge in [0.05, 0.1) is 18.1 Å². The van der Waals surface area contributed by atoms with E-state index in [0.29, 0.717) is 17.5 Å². The Bertz CT molecular complexity index is 1040. The number of alkyl halides is 3. The Morgan fingerprint density at radius 1 is 1.34 bits per heavy atom. The van der Waals surface area contributed by atoms with E-state index >= 15 is 0 Å². The molecular formula is C20H26F3N5O6S. The zero-order chi connectivity index (χ0) is 25.8. The molecule has 1 aliphatic rings. The van der Waals surface area contributed by atoms with Gasteiger partial charge >= 0.3 is 18.1 Å². The van der Waals surface area contributed by atoms with Crippen molar-refractivity contribution in [2.45, 2.75) is 56.5 Å². The number of rotatable bonds is 10. The van der Waals surface area contributed by atoms with Gasteiger partial charge in [-0.05, 0) is 24.7 Å². The fourth-order valence-corrected chi connectivity index (χ4v) is 4.56. The zero-order valence-corrected chi connectivity index (χ0v) is 19.5. The number of aromatic nitrogens is 3. The molecule has 5 N–H and O–H groups in total. The van der Waals surface area contributed by atoms with Gasteiger partial charge in [-0.3, -0.25) is 4.79 Å². The minimum absolute atomic E-state index is 0.0103. The number of ether oxygens (including phenoxy) is 2. The van der Waals surface area contributed by atoms with Crippen LogP contribution in [0.2, 0.25) is 0 Å². The molecule has 11 nitrogen and oxygen atoms in total. The van der Waals surface area contributed by atoms with E-state index in [2.05, 4.69) is 9.97 Å². The number of amides is 1. The molecule has 2 aromatic heterocycles. The summed E-state index contributed by atoms with van der Waals surface area (Å²) in [6.07, 6.45) is -6.24. The van der Waals surface area contributed by atoms with Crippen LogP contribution in [0.1, 0.15) is 26.0 Å². The summed E-state index contributed by atoms with van der Waals surface area (Å²) in [5.41, 5.74) is 6.24. The van der Waals surface area contributed by atoms with Crippen LogP contribution >= 0.6 is 11.8 Å². The summed E-state index contributed by atoms with van der Waals surface area (Å²) in [6.45, 7) is 1.73. The van der Waals surface area contributed by atoms with E-state index < -0.39 is 48.6 Å². The van der Waals surface area contributed by atoms with Gasteiger partial charge in [0.15, 0.2) is 6.23 Å². The molecule has 0 aliphatic carbocycles. The van der Waals surface area contributed by atoms with Gasteiger partial charge in [0.1, 0.15) is 36.0 Å². The van der Waals surface area contributed by atoms with Crippen molar-refractivity contribution in [3.63, 3.8) is 0 Å². The number of anilines is 1. The van der Waals surface area contributed by atoms with Gasteiger partial charge in [-0.15, -0.1) is 0 Å². The monoisotopic (exact) mass is 521 g/mol. The first-order chi connectivity index (χ1) is 16.5. The highest BCUT2D eigenvalue weighted by atomic mass is 32.2. The molecule has 0 saturated carbocycles. The highest BCUT2D eigenvalue weighted by molar-refractivity contribution is 7.99. The Balaban J connectivity index is 1.57. The van der Waals surface area contributed by atoms with E-state index in [9.17, 15) is 33.0 Å². The van der Waals surface area contributed by atoms with E-state index in [4.69, 9.17) is 15.2 Å². The van der Waals surface area contributed by atoms with Gasteiger partial charge in [0.2, 0.25) is 0 Å². The minimum Gasteiger partial charge on any atom is -0.464 e. The molecule has 5 atom stereocenters. The first-order valence-corrected chi connectivity index (χ1v) is 11.9. The summed E-state index contributed by atoms with van der Waals surface area (Å²) in [5, 5.41) is 23.2. The molecule has 1 saturated heterocycles. The number of thioether (sulfide) groups is 1. The summed E-state index contributed by atoms with van der Waals surface area (Å²) in [6, 6.07) is 0.176. The molecule has 35 heavy (non-hydrogen) atoms. The Morgan fingerprint density at radius 2 is 2.09 bits per heavy atom. The third-order valence-electron chi connectivity index (χ3n) is 5.28. The highest BCUT2D eigenvalue weighted by Crippen LogP contribution is 2.34. The number of hydrogen-bond donors (Lipinski definition) is 4. The van der Waals surface area contributed by atoms with Crippen molar-refractivity contribution in [3.8, 4) is 0 Å². The summed E-state index contributed by atoms with van der Waals surface area (Å²) in [5.74, 6) is -2.63. The lowest BCUT2D eigenvalue weighted by Crippen LogP contribution is -2.47. The van der Waals surface area contributed by atoms with Crippen LogP contribution in [0.3, 0.4) is 0 Å². The van der Waals surface area contributed by atoms with Crippen molar-refractivity contribution >= 4 is 40.5 Å². The number of halogens is 3. The molecule has 194 valence electrons. The Labute approximate surface area is 202 Å². The summed E-state index contributed by atoms with van der Waals surface area (Å²) in [7, 11) is 0. The number of aliphatic hydroxyl groups excluding tert-OH is 2. The van der Waals surface area contributed by atoms with Gasteiger partial charge in [0.25, 0.3) is 0 Å². The fourth-order valence-electron chi connectivity index (χ4n) is 3.49. The SMILES string of the molecule is CCCOC(=O)C(CCSCC1OC(n2ccc3c(N)ncnc32)C(O)C1O)NC(=O)C(F)(F)F. The fraction of sp³-hybridized carbons (Fsp3) is 0.600. The Hall–Kier alpha value is -2.62. The topological polar surface area (TPSA) is 162 Å². The number of nitrogens with zero attached hydrogens (tertiary/aromatic N) is 3. The predicted molar refractivity (Wildman–Crippen MR) is 119 cm³/mol. The maximum absolute atomic E-state index is 12.6. The average molecular weight is 522 g/mol. The molecule has 1 fully saturated rings. The molecule has 15 heteroatoms. The van der Waals surface area contributed by atoms with Gasteiger partial charge in [-0.2, -0.15) is 24.9 Å². The number of nitrogens with one attached hydrogen (secondary N) is 1. The third kappa shape index (κ3) is 6.34. The lowest BCUT2D eigenvalue weighted by molar-refractivity contribution is -0.176. The molecule has 3 heterocycles. The Morgan fingerprint density at radius 3 is 2.77 bits per heavy atom. The molecule has 1 amide bonds. The normalized spacial score (nSPS) is 23.4. The van der Waals surface area contributed by atoms with Crippen LogP contribution in [0.5, 0.6) is 0 Å². The lowest BCUT2D eigenvalue weighted by atomic mass is 10.1. The molecule has 0 radical (unpaired) electrons. The van der Waals surface area contributed by atoms with E-state index in [-0.39, 0.29) is 30.4 Å². The lowest BCUT2D eigenvalue weighted by Gasteiger charge is -2.19. The Kier molecular flexibility index (Phi) is 8.79. The third-order valence-corrected chi connectivity index (χ3v) is 6.37. The zero-order valence-electron chi connectivity index (χ0n) is 18.6. The van der Waals surface area contributed by atoms with Gasteiger partial charge in [-0.25, -0.2) is 14.8 Å². The number of fused-ring (bicyclic) bond motifs is 1. The molecule has 0 spiro atoms. The molecular weight excluding hydrogens is 495 g/mol. The van der Waals surface area contributed by atoms with Crippen LogP contribution in [0.4, 0.5) is 19.0 Å². The number of hydrogen-bond acceptors (Lipinski definition) is 10. The van der Waals surface area contributed by atoms with Crippen molar-refractivity contribution < 1.29 is 42.4 Å². The van der Waals surface area contributed by atoms with Crippen molar-refractivity contribution in [2.75, 3.05) is 23.8 Å². The molecule has 0 bridgehead atoms. The quantitative estimate of drug-likeness (QED) is 0.259. The number of nitrogens with two attached hydrogens (primary N) is 1. The molecule has 1 aliphatic heterocycles. The van der Waals surface area contributed by atoms with Crippen LogP contribution in [0.15, 0.2) is 18.6 Å². The van der Waals surface area contributed by atoms with Crippen LogP contribution < -0.4 is 11.1 Å². The first kappa shape index (κ1) is 27.0. The van der Waals surface area contributed by atoms with Gasteiger partial charge in [-0.1, -0.05) is 6.92 Å². The smallest absolute Gasteiger partial charge is 0.464 e. The molecule has 0 aromatic carbocycles. The van der Waals surface area contributed by atoms with Crippen molar-refractivity contribution in [1.29, 1.82) is 0 Å². The molecule has 2 aromatic rings.